The Morgan fingerprint density at radius 2 is 1.87 bits per heavy atom. The van der Waals surface area contributed by atoms with Gasteiger partial charge in [-0.05, 0) is 24.6 Å². The molecule has 2 aromatic carbocycles. The highest BCUT2D eigenvalue weighted by molar-refractivity contribution is 7.99. The molecule has 0 radical (unpaired) electrons. The summed E-state index contributed by atoms with van der Waals surface area (Å²) in [7, 11) is 1.64. The number of nitrogens with zero attached hydrogens (tertiary/aromatic N) is 3. The number of fused-ring (bicyclic) bond motifs is 1. The van der Waals surface area contributed by atoms with Crippen molar-refractivity contribution in [2.45, 2.75) is 17.9 Å². The second kappa shape index (κ2) is 8.53. The summed E-state index contributed by atoms with van der Waals surface area (Å²) in [5.41, 5.74) is 2.49. The molecule has 0 aliphatic carbocycles. The number of thioether (sulfide) groups is 1. The first kappa shape index (κ1) is 20.5. The van der Waals surface area contributed by atoms with Crippen LogP contribution in [0.5, 0.6) is 0 Å². The Kier molecular flexibility index (Phi) is 5.83. The first-order chi connectivity index (χ1) is 14.5. The number of amides is 1. The summed E-state index contributed by atoms with van der Waals surface area (Å²) in [6, 6.07) is 17.5. The van der Waals surface area contributed by atoms with E-state index in [1.54, 1.807) is 30.6 Å². The molecule has 1 atom stereocenters. The Labute approximate surface area is 183 Å². The van der Waals surface area contributed by atoms with Gasteiger partial charge in [-0.1, -0.05) is 54.1 Å². The van der Waals surface area contributed by atoms with Gasteiger partial charge in [0.15, 0.2) is 6.61 Å². The Hall–Kier alpha value is -2.77. The highest BCUT2D eigenvalue weighted by atomic mass is 35.5. The molecule has 8 heteroatoms. The summed E-state index contributed by atoms with van der Waals surface area (Å²) in [5.74, 6) is -0.230. The van der Waals surface area contributed by atoms with E-state index in [0.717, 1.165) is 16.1 Å². The monoisotopic (exact) mass is 441 g/mol. The van der Waals surface area contributed by atoms with Gasteiger partial charge >= 0.3 is 5.97 Å². The first-order valence-electron chi connectivity index (χ1n) is 9.42. The molecule has 1 aromatic heterocycles. The van der Waals surface area contributed by atoms with Crippen LogP contribution in [0.15, 0.2) is 59.5 Å². The molecule has 1 amide bonds. The second-order valence-electron chi connectivity index (χ2n) is 6.92. The molecule has 6 nitrogen and oxygen atoms in total. The number of hydrogen-bond acceptors (Lipinski definition) is 5. The summed E-state index contributed by atoms with van der Waals surface area (Å²) in [6.07, 6.45) is 0. The van der Waals surface area contributed by atoms with Crippen molar-refractivity contribution in [3.05, 3.63) is 76.6 Å². The van der Waals surface area contributed by atoms with E-state index < -0.39 is 5.97 Å². The van der Waals surface area contributed by atoms with Crippen LogP contribution in [0.2, 0.25) is 5.15 Å². The molecule has 0 fully saturated rings. The third-order valence-electron chi connectivity index (χ3n) is 4.97. The van der Waals surface area contributed by atoms with Gasteiger partial charge in [0.1, 0.15) is 10.7 Å². The maximum Gasteiger partial charge on any atom is 0.343 e. The maximum atomic E-state index is 13.2. The molecule has 0 N–H and O–H groups in total. The van der Waals surface area contributed by atoms with Crippen molar-refractivity contribution in [2.75, 3.05) is 17.3 Å². The van der Waals surface area contributed by atoms with Crippen LogP contribution in [-0.2, 0) is 16.6 Å². The average molecular weight is 442 g/mol. The molecule has 30 heavy (non-hydrogen) atoms. The molecular formula is C22H20ClN3O3S. The number of carbonyl (C=O) groups is 2. The highest BCUT2D eigenvalue weighted by Crippen LogP contribution is 2.43. The minimum absolute atomic E-state index is 0.152. The van der Waals surface area contributed by atoms with E-state index in [9.17, 15) is 9.59 Å². The molecule has 0 saturated carbocycles. The van der Waals surface area contributed by atoms with Crippen molar-refractivity contribution in [1.82, 2.24) is 9.78 Å². The average Bonchev–Trinajstić information content (AvgIpc) is 3.02. The molecular weight excluding hydrogens is 422 g/mol. The molecule has 1 aliphatic rings. The van der Waals surface area contributed by atoms with Crippen molar-refractivity contribution in [3.8, 4) is 0 Å². The predicted octanol–water partition coefficient (Wildman–Crippen LogP) is 4.42. The molecule has 3 aromatic rings. The number of halogens is 1. The van der Waals surface area contributed by atoms with Crippen LogP contribution in [0.25, 0.3) is 0 Å². The van der Waals surface area contributed by atoms with Crippen LogP contribution in [-0.4, -0.2) is 34.0 Å². The summed E-state index contributed by atoms with van der Waals surface area (Å²) in [6.45, 7) is 1.29. The normalized spacial score (nSPS) is 15.6. The lowest BCUT2D eigenvalue weighted by atomic mass is 10.1. The summed E-state index contributed by atoms with van der Waals surface area (Å²) in [5, 5.41) is 4.30. The van der Waals surface area contributed by atoms with Gasteiger partial charge < -0.3 is 4.74 Å². The number of benzene rings is 2. The Morgan fingerprint density at radius 1 is 1.17 bits per heavy atom. The van der Waals surface area contributed by atoms with Gasteiger partial charge in [-0.15, -0.1) is 11.8 Å². The number of aryl methyl sites for hydroxylation is 2. The van der Waals surface area contributed by atoms with Gasteiger partial charge in [0, 0.05) is 17.7 Å². The maximum absolute atomic E-state index is 13.2. The minimum Gasteiger partial charge on any atom is -0.452 e. The van der Waals surface area contributed by atoms with Gasteiger partial charge in [0.2, 0.25) is 0 Å². The van der Waals surface area contributed by atoms with E-state index in [1.165, 1.54) is 4.68 Å². The molecule has 0 spiro atoms. The fourth-order valence-electron chi connectivity index (χ4n) is 3.55. The molecule has 154 valence electrons. The topological polar surface area (TPSA) is 64.4 Å². The number of carbonyl (C=O) groups excluding carboxylic acids is 2. The molecule has 0 saturated heterocycles. The zero-order valence-electron chi connectivity index (χ0n) is 16.5. The van der Waals surface area contributed by atoms with Crippen molar-refractivity contribution in [2.24, 2.45) is 7.05 Å². The number of hydrogen-bond donors (Lipinski definition) is 0. The van der Waals surface area contributed by atoms with Crippen molar-refractivity contribution < 1.29 is 14.3 Å². The van der Waals surface area contributed by atoms with Crippen molar-refractivity contribution in [3.63, 3.8) is 0 Å². The number of rotatable bonds is 4. The zero-order valence-corrected chi connectivity index (χ0v) is 18.1. The van der Waals surface area contributed by atoms with E-state index in [-0.39, 0.29) is 29.3 Å². The van der Waals surface area contributed by atoms with E-state index in [4.69, 9.17) is 16.3 Å². The number of esters is 1. The lowest BCUT2D eigenvalue weighted by Gasteiger charge is -2.37. The van der Waals surface area contributed by atoms with Gasteiger partial charge in [-0.25, -0.2) is 4.79 Å². The van der Waals surface area contributed by atoms with Crippen LogP contribution in [0.3, 0.4) is 0 Å². The minimum atomic E-state index is -0.658. The number of aromatic nitrogens is 2. The number of ether oxygens (including phenoxy) is 1. The van der Waals surface area contributed by atoms with Crippen molar-refractivity contribution >= 4 is 40.9 Å². The fourth-order valence-corrected chi connectivity index (χ4v) is 4.97. The van der Waals surface area contributed by atoms with E-state index in [0.29, 0.717) is 11.4 Å². The van der Waals surface area contributed by atoms with Crippen LogP contribution in [0, 0.1) is 6.92 Å². The van der Waals surface area contributed by atoms with Crippen LogP contribution < -0.4 is 4.90 Å². The van der Waals surface area contributed by atoms with E-state index >= 15 is 0 Å². The number of anilines is 1. The number of para-hydroxylation sites is 1. The summed E-state index contributed by atoms with van der Waals surface area (Å²) >= 11 is 7.86. The van der Waals surface area contributed by atoms with Gasteiger partial charge in [0.05, 0.1) is 17.4 Å². The second-order valence-corrected chi connectivity index (χ2v) is 8.34. The lowest BCUT2D eigenvalue weighted by Crippen LogP contribution is -2.41. The van der Waals surface area contributed by atoms with E-state index in [2.05, 4.69) is 5.10 Å². The van der Waals surface area contributed by atoms with Gasteiger partial charge in [-0.3, -0.25) is 14.4 Å². The summed E-state index contributed by atoms with van der Waals surface area (Å²) in [4.78, 5) is 28.5. The van der Waals surface area contributed by atoms with Crippen LogP contribution in [0.4, 0.5) is 5.69 Å². The third kappa shape index (κ3) is 3.82. The predicted molar refractivity (Wildman–Crippen MR) is 117 cm³/mol. The largest absolute Gasteiger partial charge is 0.452 e. The third-order valence-corrected chi connectivity index (χ3v) is 6.54. The zero-order chi connectivity index (χ0) is 21.3. The molecule has 0 bridgehead atoms. The Bertz CT molecular complexity index is 1100. The Balaban J connectivity index is 1.59. The van der Waals surface area contributed by atoms with Gasteiger partial charge in [-0.2, -0.15) is 5.10 Å². The summed E-state index contributed by atoms with van der Waals surface area (Å²) < 4.78 is 6.74. The lowest BCUT2D eigenvalue weighted by molar-refractivity contribution is -0.122. The van der Waals surface area contributed by atoms with Crippen LogP contribution in [0.1, 0.15) is 27.7 Å². The SMILES string of the molecule is Cc1nn(C)c(Cl)c1C(=O)OCC(=O)N1c2ccccc2SCC1c1ccccc1. The molecule has 1 aliphatic heterocycles. The highest BCUT2D eigenvalue weighted by Gasteiger charge is 2.33. The van der Waals surface area contributed by atoms with Crippen molar-refractivity contribution in [1.29, 1.82) is 0 Å². The standard InChI is InChI=1S/C22H20ClN3O3S/c1-14-20(21(23)25(2)24-14)22(28)29-12-19(27)26-16-10-6-7-11-18(16)30-13-17(26)15-8-4-3-5-9-15/h3-11,17H,12-13H2,1-2H3. The first-order valence-corrected chi connectivity index (χ1v) is 10.8. The molecule has 4 rings (SSSR count). The smallest absolute Gasteiger partial charge is 0.343 e. The van der Waals surface area contributed by atoms with Gasteiger partial charge in [0.25, 0.3) is 5.91 Å². The quantitative estimate of drug-likeness (QED) is 0.561. The molecule has 2 heterocycles. The Morgan fingerprint density at radius 3 is 2.57 bits per heavy atom. The fraction of sp³-hybridized carbons (Fsp3) is 0.227. The van der Waals surface area contributed by atoms with Crippen LogP contribution >= 0.6 is 23.4 Å². The molecule has 1 unspecified atom stereocenters. The van der Waals surface area contributed by atoms with E-state index in [1.807, 2.05) is 54.6 Å².